The minimum absolute atomic E-state index is 0.489. The average molecular weight is 633 g/mol. The van der Waals surface area contributed by atoms with Gasteiger partial charge in [-0.1, -0.05) is 0 Å². The van der Waals surface area contributed by atoms with Crippen LogP contribution in [0.5, 0.6) is 0 Å². The van der Waals surface area contributed by atoms with Crippen LogP contribution in [0, 0.1) is 0 Å². The molecule has 0 heterocycles. The van der Waals surface area contributed by atoms with Crippen molar-refractivity contribution in [2.75, 3.05) is 0 Å². The summed E-state index contributed by atoms with van der Waals surface area (Å²) >= 11 is -3.54. The molecule has 0 radical (unpaired) electrons. The van der Waals surface area contributed by atoms with Crippen LogP contribution >= 0.6 is 0 Å². The van der Waals surface area contributed by atoms with E-state index in [1.54, 1.807) is 44.5 Å². The summed E-state index contributed by atoms with van der Waals surface area (Å²) in [5, 5.41) is 0. The number of allylic oxidation sites excluding steroid dienone is 2. The molecule has 2 saturated carbocycles. The van der Waals surface area contributed by atoms with Gasteiger partial charge in [0.25, 0.3) is 0 Å². The molecular weight excluding hydrogens is 591 g/mol. The molecule has 4 aliphatic carbocycles. The third-order valence-corrected chi connectivity index (χ3v) is 52.9. The van der Waals surface area contributed by atoms with Gasteiger partial charge in [0.05, 0.1) is 0 Å². The van der Waals surface area contributed by atoms with Crippen molar-refractivity contribution in [2.45, 2.75) is 93.9 Å². The monoisotopic (exact) mass is 634 g/mol. The second-order valence-corrected chi connectivity index (χ2v) is 57.0. The molecule has 0 spiro atoms. The van der Waals surface area contributed by atoms with Crippen LogP contribution in [0.4, 0.5) is 0 Å². The van der Waals surface area contributed by atoms with E-state index in [9.17, 15) is 0 Å². The topological polar surface area (TPSA) is 0 Å². The van der Waals surface area contributed by atoms with Crippen LogP contribution in [-0.4, -0.2) is 6.22 Å². The molecule has 0 aromatic heterocycles. The molecule has 34 heavy (non-hydrogen) atoms. The molecule has 0 bridgehead atoms. The van der Waals surface area contributed by atoms with Crippen molar-refractivity contribution < 1.29 is 17.1 Å². The Labute approximate surface area is 209 Å². The Hall–Kier alpha value is -0.993. The van der Waals surface area contributed by atoms with Crippen LogP contribution < -0.4 is 0 Å². The van der Waals surface area contributed by atoms with E-state index in [0.29, 0.717) is 6.22 Å². The van der Waals surface area contributed by atoms with Crippen molar-refractivity contribution in [3.05, 3.63) is 80.9 Å². The van der Waals surface area contributed by atoms with Gasteiger partial charge in [0.2, 0.25) is 0 Å². The number of benzene rings is 2. The molecule has 2 aromatic carbocycles. The van der Waals surface area contributed by atoms with Gasteiger partial charge in [-0.3, -0.25) is 0 Å². The Morgan fingerprint density at radius 2 is 1.18 bits per heavy atom. The maximum absolute atomic E-state index is 3.54. The van der Waals surface area contributed by atoms with E-state index in [2.05, 4.69) is 78.7 Å². The van der Waals surface area contributed by atoms with Crippen LogP contribution in [0.25, 0.3) is 12.2 Å². The molecule has 0 saturated heterocycles. The second kappa shape index (κ2) is 8.27. The molecule has 0 amide bonds. The van der Waals surface area contributed by atoms with Crippen LogP contribution in [0.15, 0.2) is 47.5 Å². The Balaban J connectivity index is 1.56. The molecular formula is C32H42HfSi. The Kier molecular flexibility index (Phi) is 5.69. The summed E-state index contributed by atoms with van der Waals surface area (Å²) in [4.78, 5) is 0. The van der Waals surface area contributed by atoms with E-state index in [4.69, 9.17) is 0 Å². The van der Waals surface area contributed by atoms with Crippen molar-refractivity contribution >= 4 is 18.4 Å². The first-order chi connectivity index (χ1) is 16.3. The third-order valence-electron chi connectivity index (χ3n) is 9.83. The van der Waals surface area contributed by atoms with Crippen molar-refractivity contribution in [3.8, 4) is 0 Å². The number of unbranched alkanes of at least 4 members (excludes halogenated alkanes) is 1. The van der Waals surface area contributed by atoms with Gasteiger partial charge in [0.15, 0.2) is 0 Å². The molecule has 2 heteroatoms. The zero-order chi connectivity index (χ0) is 23.7. The number of hydrogen-bond acceptors (Lipinski definition) is 0. The van der Waals surface area contributed by atoms with Crippen LogP contribution in [0.2, 0.25) is 15.4 Å². The quantitative estimate of drug-likeness (QED) is 0.211. The molecule has 2 unspecified atom stereocenters. The van der Waals surface area contributed by atoms with Crippen molar-refractivity contribution in [2.24, 2.45) is 0 Å². The van der Waals surface area contributed by atoms with Gasteiger partial charge in [-0.2, -0.15) is 0 Å². The maximum atomic E-state index is 2.92. The van der Waals surface area contributed by atoms with E-state index in [-0.39, 0.29) is 0 Å². The predicted octanol–water partition coefficient (Wildman–Crippen LogP) is 9.41. The summed E-state index contributed by atoms with van der Waals surface area (Å²) in [5.41, 5.74) is 13.5. The van der Waals surface area contributed by atoms with Gasteiger partial charge in [0.1, 0.15) is 0 Å². The molecule has 2 fully saturated rings. The fourth-order valence-electron chi connectivity index (χ4n) is 8.23. The van der Waals surface area contributed by atoms with E-state index in [1.165, 1.54) is 44.6 Å². The second-order valence-electron chi connectivity index (χ2n) is 13.0. The fourth-order valence-corrected chi connectivity index (χ4v) is 55.5. The molecule has 6 rings (SSSR count). The summed E-state index contributed by atoms with van der Waals surface area (Å²) in [5.74, 6) is 1.66. The van der Waals surface area contributed by atoms with Crippen molar-refractivity contribution in [1.82, 2.24) is 0 Å². The Bertz CT molecular complexity index is 1200. The van der Waals surface area contributed by atoms with Gasteiger partial charge < -0.3 is 0 Å². The summed E-state index contributed by atoms with van der Waals surface area (Å²) in [7, 11) is 0. The summed E-state index contributed by atoms with van der Waals surface area (Å²) in [6.07, 6.45) is 14.1. The van der Waals surface area contributed by atoms with Crippen LogP contribution in [-0.2, 0) is 17.1 Å². The number of hydrogen-bond donors (Lipinski definition) is 0. The molecule has 0 N–H and O–H groups in total. The molecule has 2 atom stereocenters. The van der Waals surface area contributed by atoms with Gasteiger partial charge in [-0.05, 0) is 0 Å². The van der Waals surface area contributed by atoms with E-state index >= 15 is 0 Å². The van der Waals surface area contributed by atoms with Crippen molar-refractivity contribution in [1.29, 1.82) is 0 Å². The first kappa shape index (κ1) is 23.4. The fraction of sp³-hybridized carbons (Fsp3) is 0.500. The standard InChI is InChI=1S/2C13H13.C4H10Si.2CH3.Hf/c2*1-9-7-11-3-2-4-12(10-5-6-10)13(11)8-9;1-2-3-4-5;;;/h2*2-4,7-8,10H,5-6H2,1H3;5H,2-4H2,1H3;2*1H3;. The molecule has 2 aromatic rings. The van der Waals surface area contributed by atoms with Gasteiger partial charge in [0, 0.05) is 0 Å². The zero-order valence-electron chi connectivity index (χ0n) is 22.0. The normalized spacial score (nSPS) is 23.9. The molecule has 0 nitrogen and oxygen atoms in total. The van der Waals surface area contributed by atoms with E-state index in [1.807, 2.05) is 0 Å². The summed E-state index contributed by atoms with van der Waals surface area (Å²) < 4.78 is 7.29. The molecule has 4 aliphatic rings. The van der Waals surface area contributed by atoms with Gasteiger partial charge in [-0.15, -0.1) is 0 Å². The van der Waals surface area contributed by atoms with Crippen LogP contribution in [0.1, 0.15) is 112 Å². The Morgan fingerprint density at radius 3 is 1.59 bits per heavy atom. The van der Waals surface area contributed by atoms with Crippen molar-refractivity contribution in [3.63, 3.8) is 0 Å². The molecule has 0 aliphatic heterocycles. The predicted molar refractivity (Wildman–Crippen MR) is 148 cm³/mol. The number of fused-ring (bicyclic) bond motifs is 2. The SMILES string of the molecule is CCCC[SiH]=[Hf]([CH3])([CH3])([CH]1C(C)=Cc2c(C3CC3)cccc21)[CH]1C(C)=Cc2c(C3CC3)cccc21. The Morgan fingerprint density at radius 1 is 0.735 bits per heavy atom. The van der Waals surface area contributed by atoms with E-state index < -0.39 is 17.1 Å². The zero-order valence-corrected chi connectivity index (χ0v) is 26.7. The van der Waals surface area contributed by atoms with Gasteiger partial charge in [-0.25, -0.2) is 0 Å². The van der Waals surface area contributed by atoms with Crippen LogP contribution in [0.3, 0.4) is 0 Å². The van der Waals surface area contributed by atoms with E-state index in [0.717, 1.165) is 19.2 Å². The first-order valence-corrected chi connectivity index (χ1v) is 32.9. The number of rotatable bonds is 7. The summed E-state index contributed by atoms with van der Waals surface area (Å²) in [6, 6.07) is 16.3. The summed E-state index contributed by atoms with van der Waals surface area (Å²) in [6.45, 7) is 7.38. The molecule has 178 valence electrons. The van der Waals surface area contributed by atoms with Gasteiger partial charge >= 0.3 is 210 Å². The first-order valence-electron chi connectivity index (χ1n) is 14.0. The third kappa shape index (κ3) is 3.60. The minimum atomic E-state index is -3.54. The average Bonchev–Trinajstić information content (AvgIpc) is 3.71.